The summed E-state index contributed by atoms with van der Waals surface area (Å²) in [6.07, 6.45) is 1.41. The average molecular weight is 579 g/mol. The van der Waals surface area contributed by atoms with Gasteiger partial charge in [-0.05, 0) is 12.1 Å². The molecular weight excluding hydrogens is 560 g/mol. The number of hydrogen-bond donors (Lipinski definition) is 2. The Labute approximate surface area is 228 Å². The molecular formula is C24H19Cl2F3N8O2. The zero-order valence-corrected chi connectivity index (χ0v) is 21.6. The van der Waals surface area contributed by atoms with Crippen molar-refractivity contribution in [1.82, 2.24) is 34.4 Å². The molecule has 6 rings (SSSR count). The van der Waals surface area contributed by atoms with E-state index >= 15 is 0 Å². The molecule has 1 fully saturated rings. The highest BCUT2D eigenvalue weighted by Crippen LogP contribution is 2.39. The summed E-state index contributed by atoms with van der Waals surface area (Å²) in [4.78, 5) is 12.8. The molecule has 1 aliphatic heterocycles. The number of pyridine rings is 1. The van der Waals surface area contributed by atoms with Gasteiger partial charge < -0.3 is 24.7 Å². The first kappa shape index (κ1) is 25.5. The number of alkyl halides is 3. The SMILES string of the molecule is Cn1c(Nc2cc(OCC3CNC3)cc(C(F)(F)F)c2)nc2ncc(Oc3cnn4ccnc(Cl)c34)c(Cl)c21. The summed E-state index contributed by atoms with van der Waals surface area (Å²) in [7, 11) is 1.65. The Morgan fingerprint density at radius 2 is 1.92 bits per heavy atom. The Bertz CT molecular complexity index is 1700. The quantitative estimate of drug-likeness (QED) is 0.262. The molecule has 1 aromatic carbocycles. The molecule has 0 bridgehead atoms. The predicted octanol–water partition coefficient (Wildman–Crippen LogP) is 5.47. The van der Waals surface area contributed by atoms with Gasteiger partial charge in [0.25, 0.3) is 0 Å². The number of hydrogen-bond acceptors (Lipinski definition) is 8. The van der Waals surface area contributed by atoms with Crippen LogP contribution in [-0.2, 0) is 13.2 Å². The zero-order chi connectivity index (χ0) is 27.3. The van der Waals surface area contributed by atoms with Crippen molar-refractivity contribution in [3.8, 4) is 17.2 Å². The van der Waals surface area contributed by atoms with Gasteiger partial charge in [-0.3, -0.25) is 0 Å². The van der Waals surface area contributed by atoms with Gasteiger partial charge in [0.2, 0.25) is 5.95 Å². The first-order chi connectivity index (χ1) is 18.7. The minimum Gasteiger partial charge on any atom is -0.493 e. The number of benzene rings is 1. The number of anilines is 2. The number of nitrogens with zero attached hydrogens (tertiary/aromatic N) is 6. The maximum Gasteiger partial charge on any atom is 0.416 e. The maximum absolute atomic E-state index is 13.6. The van der Waals surface area contributed by atoms with Gasteiger partial charge >= 0.3 is 6.18 Å². The standard InChI is InChI=1S/C24H19Cl2F3N8O2/c1-36-20-18(25)16(39-17-10-33-37-3-2-31-21(26)19(17)37)9-32-22(20)35-23(36)34-14-4-13(24(27,28)29)5-15(6-14)38-11-12-7-30-8-12/h2-6,9-10,12,30H,7-8,11H2,1H3,(H,32,34,35). The third kappa shape index (κ3) is 4.88. The van der Waals surface area contributed by atoms with Crippen LogP contribution in [0.3, 0.4) is 0 Å². The molecule has 10 nitrogen and oxygen atoms in total. The molecule has 0 unspecified atom stereocenters. The van der Waals surface area contributed by atoms with E-state index in [1.54, 1.807) is 17.8 Å². The fraction of sp³-hybridized carbons (Fsp3) is 0.250. The molecule has 0 radical (unpaired) electrons. The van der Waals surface area contributed by atoms with Crippen LogP contribution in [0.1, 0.15) is 5.56 Å². The summed E-state index contributed by atoms with van der Waals surface area (Å²) in [5.74, 6) is 1.09. The molecule has 0 amide bonds. The highest BCUT2D eigenvalue weighted by atomic mass is 35.5. The van der Waals surface area contributed by atoms with Crippen molar-refractivity contribution in [3.05, 3.63) is 58.7 Å². The van der Waals surface area contributed by atoms with E-state index in [2.05, 4.69) is 30.7 Å². The van der Waals surface area contributed by atoms with Crippen LogP contribution < -0.4 is 20.1 Å². The Morgan fingerprint density at radius 1 is 1.10 bits per heavy atom. The zero-order valence-electron chi connectivity index (χ0n) is 20.1. The van der Waals surface area contributed by atoms with E-state index in [-0.39, 0.29) is 44.9 Å². The Hall–Kier alpha value is -3.81. The van der Waals surface area contributed by atoms with Crippen molar-refractivity contribution in [2.24, 2.45) is 13.0 Å². The van der Waals surface area contributed by atoms with Crippen LogP contribution in [0.15, 0.2) is 43.0 Å². The van der Waals surface area contributed by atoms with Crippen molar-refractivity contribution in [3.63, 3.8) is 0 Å². The lowest BCUT2D eigenvalue weighted by Gasteiger charge is -2.27. The molecule has 2 N–H and O–H groups in total. The minimum atomic E-state index is -4.56. The molecule has 4 aromatic heterocycles. The van der Waals surface area contributed by atoms with Crippen LogP contribution in [0.4, 0.5) is 24.8 Å². The fourth-order valence-corrected chi connectivity index (χ4v) is 4.63. The molecule has 39 heavy (non-hydrogen) atoms. The van der Waals surface area contributed by atoms with E-state index in [4.69, 9.17) is 32.7 Å². The number of halogens is 5. The number of fused-ring (bicyclic) bond motifs is 2. The Balaban J connectivity index is 1.32. The van der Waals surface area contributed by atoms with Gasteiger partial charge in [0.1, 0.15) is 21.8 Å². The normalized spacial score (nSPS) is 14.1. The van der Waals surface area contributed by atoms with Crippen molar-refractivity contribution >= 4 is 51.5 Å². The summed E-state index contributed by atoms with van der Waals surface area (Å²) in [6.45, 7) is 1.85. The third-order valence-electron chi connectivity index (χ3n) is 6.22. The molecule has 1 saturated heterocycles. The first-order valence-electron chi connectivity index (χ1n) is 11.7. The third-order valence-corrected chi connectivity index (χ3v) is 6.86. The lowest BCUT2D eigenvalue weighted by Crippen LogP contribution is -2.45. The fourth-order valence-electron chi connectivity index (χ4n) is 4.10. The molecule has 0 spiro atoms. The summed E-state index contributed by atoms with van der Waals surface area (Å²) in [6, 6.07) is 3.47. The molecule has 0 saturated carbocycles. The summed E-state index contributed by atoms with van der Waals surface area (Å²) in [5, 5.41) is 10.6. The molecule has 15 heteroatoms. The number of nitrogens with one attached hydrogen (secondary N) is 2. The predicted molar refractivity (Wildman–Crippen MR) is 138 cm³/mol. The lowest BCUT2D eigenvalue weighted by atomic mass is 10.1. The average Bonchev–Trinajstić information content (AvgIpc) is 3.41. The second-order valence-electron chi connectivity index (χ2n) is 8.93. The van der Waals surface area contributed by atoms with E-state index < -0.39 is 11.7 Å². The van der Waals surface area contributed by atoms with Crippen molar-refractivity contribution in [2.45, 2.75) is 6.18 Å². The maximum atomic E-state index is 13.6. The van der Waals surface area contributed by atoms with Gasteiger partial charge in [0.15, 0.2) is 22.3 Å². The number of aromatic nitrogens is 6. The van der Waals surface area contributed by atoms with Crippen LogP contribution in [0.5, 0.6) is 17.2 Å². The van der Waals surface area contributed by atoms with E-state index in [0.29, 0.717) is 23.4 Å². The van der Waals surface area contributed by atoms with Gasteiger partial charge in [0.05, 0.1) is 24.6 Å². The highest BCUT2D eigenvalue weighted by Gasteiger charge is 2.32. The second kappa shape index (κ2) is 9.74. The van der Waals surface area contributed by atoms with Crippen LogP contribution in [0.25, 0.3) is 16.7 Å². The Morgan fingerprint density at radius 3 is 2.67 bits per heavy atom. The van der Waals surface area contributed by atoms with Crippen molar-refractivity contribution < 1.29 is 22.6 Å². The van der Waals surface area contributed by atoms with Gasteiger partial charge in [-0.2, -0.15) is 23.3 Å². The van der Waals surface area contributed by atoms with Gasteiger partial charge in [-0.1, -0.05) is 23.2 Å². The molecule has 202 valence electrons. The highest BCUT2D eigenvalue weighted by molar-refractivity contribution is 6.36. The molecule has 5 heterocycles. The number of rotatable bonds is 7. The first-order valence-corrected chi connectivity index (χ1v) is 12.4. The smallest absolute Gasteiger partial charge is 0.416 e. The summed E-state index contributed by atoms with van der Waals surface area (Å²) >= 11 is 12.9. The van der Waals surface area contributed by atoms with Crippen molar-refractivity contribution in [1.29, 1.82) is 0 Å². The summed E-state index contributed by atoms with van der Waals surface area (Å²) in [5.41, 5.74) is 0.405. The number of ether oxygens (including phenoxy) is 2. The van der Waals surface area contributed by atoms with Gasteiger partial charge in [-0.15, -0.1) is 0 Å². The number of aryl methyl sites for hydroxylation is 1. The largest absolute Gasteiger partial charge is 0.493 e. The van der Waals surface area contributed by atoms with E-state index in [1.165, 1.54) is 29.2 Å². The summed E-state index contributed by atoms with van der Waals surface area (Å²) < 4.78 is 55.5. The lowest BCUT2D eigenvalue weighted by molar-refractivity contribution is -0.137. The molecule has 5 aromatic rings. The minimum absolute atomic E-state index is 0.103. The van der Waals surface area contributed by atoms with Crippen LogP contribution >= 0.6 is 23.2 Å². The van der Waals surface area contributed by atoms with Crippen LogP contribution in [-0.4, -0.2) is 48.8 Å². The monoisotopic (exact) mass is 578 g/mol. The van der Waals surface area contributed by atoms with E-state index in [1.807, 2.05) is 0 Å². The molecule has 0 atom stereocenters. The molecule has 0 aliphatic carbocycles. The van der Waals surface area contributed by atoms with Crippen molar-refractivity contribution in [2.75, 3.05) is 25.0 Å². The van der Waals surface area contributed by atoms with E-state index in [9.17, 15) is 13.2 Å². The molecule has 1 aliphatic rings. The van der Waals surface area contributed by atoms with Crippen LogP contribution in [0, 0.1) is 5.92 Å². The van der Waals surface area contributed by atoms with Crippen LogP contribution in [0.2, 0.25) is 10.2 Å². The Kier molecular flexibility index (Phi) is 6.36. The van der Waals surface area contributed by atoms with E-state index in [0.717, 1.165) is 25.2 Å². The second-order valence-corrected chi connectivity index (χ2v) is 9.67. The number of imidazole rings is 1. The van der Waals surface area contributed by atoms with Gasteiger partial charge in [-0.25, -0.2) is 14.5 Å². The topological polar surface area (TPSA) is 103 Å². The van der Waals surface area contributed by atoms with Gasteiger partial charge in [0, 0.05) is 50.2 Å².